The molecule has 0 bridgehead atoms. The van der Waals surface area contributed by atoms with Crippen LogP contribution in [-0.4, -0.2) is 7.11 Å². The number of allylic oxidation sites excluding steroid dienone is 4. The SMILES string of the molecule is [CH2][C@]1(C)C=CC=C(OC)C1. The fraction of sp³-hybridized carbons (Fsp3) is 0.444. The zero-order chi connectivity index (χ0) is 7.61. The first-order valence-corrected chi connectivity index (χ1v) is 3.42. The third kappa shape index (κ3) is 1.63. The minimum absolute atomic E-state index is 0.0279. The van der Waals surface area contributed by atoms with E-state index in [-0.39, 0.29) is 5.41 Å². The summed E-state index contributed by atoms with van der Waals surface area (Å²) in [6.45, 7) is 6.11. The van der Waals surface area contributed by atoms with Crippen LogP contribution >= 0.6 is 0 Å². The summed E-state index contributed by atoms with van der Waals surface area (Å²) in [5.41, 5.74) is 0.0279. The average molecular weight is 137 g/mol. The van der Waals surface area contributed by atoms with Crippen LogP contribution in [0.4, 0.5) is 0 Å². The zero-order valence-electron chi connectivity index (χ0n) is 6.55. The highest BCUT2D eigenvalue weighted by Gasteiger charge is 2.18. The molecule has 0 unspecified atom stereocenters. The summed E-state index contributed by atoms with van der Waals surface area (Å²) < 4.78 is 5.10. The van der Waals surface area contributed by atoms with Gasteiger partial charge < -0.3 is 4.74 Å². The second-order valence-corrected chi connectivity index (χ2v) is 3.03. The van der Waals surface area contributed by atoms with E-state index in [1.54, 1.807) is 7.11 Å². The molecule has 10 heavy (non-hydrogen) atoms. The summed E-state index contributed by atoms with van der Waals surface area (Å²) in [5, 5.41) is 0. The molecule has 0 aromatic rings. The number of ether oxygens (including phenoxy) is 1. The minimum Gasteiger partial charge on any atom is -0.501 e. The Hall–Kier alpha value is -0.720. The van der Waals surface area contributed by atoms with Gasteiger partial charge in [-0.2, -0.15) is 0 Å². The molecule has 0 saturated heterocycles. The Morgan fingerprint density at radius 2 is 2.40 bits per heavy atom. The highest BCUT2D eigenvalue weighted by Crippen LogP contribution is 2.29. The molecule has 1 heteroatoms. The molecule has 0 spiro atoms. The van der Waals surface area contributed by atoms with Crippen molar-refractivity contribution in [1.29, 1.82) is 0 Å². The van der Waals surface area contributed by atoms with Gasteiger partial charge >= 0.3 is 0 Å². The first-order chi connectivity index (χ1) is 4.64. The highest BCUT2D eigenvalue weighted by atomic mass is 16.5. The normalized spacial score (nSPS) is 22.1. The topological polar surface area (TPSA) is 9.23 Å². The lowest BCUT2D eigenvalue weighted by molar-refractivity contribution is 0.253. The Morgan fingerprint density at radius 1 is 1.70 bits per heavy atom. The molecular weight excluding hydrogens is 124 g/mol. The number of rotatable bonds is 1. The summed E-state index contributed by atoms with van der Waals surface area (Å²) in [5.74, 6) is 1.01. The van der Waals surface area contributed by atoms with Gasteiger partial charge in [0.15, 0.2) is 0 Å². The van der Waals surface area contributed by atoms with Crippen LogP contribution in [0.1, 0.15) is 13.3 Å². The summed E-state index contributed by atoms with van der Waals surface area (Å²) >= 11 is 0. The van der Waals surface area contributed by atoms with E-state index >= 15 is 0 Å². The van der Waals surface area contributed by atoms with E-state index in [2.05, 4.69) is 19.9 Å². The van der Waals surface area contributed by atoms with Gasteiger partial charge in [-0.25, -0.2) is 0 Å². The molecule has 1 aliphatic carbocycles. The molecular formula is C9H13O. The van der Waals surface area contributed by atoms with E-state index < -0.39 is 0 Å². The maximum Gasteiger partial charge on any atom is 0.0963 e. The largest absolute Gasteiger partial charge is 0.501 e. The minimum atomic E-state index is 0.0279. The van der Waals surface area contributed by atoms with Crippen molar-refractivity contribution < 1.29 is 4.74 Å². The fourth-order valence-corrected chi connectivity index (χ4v) is 1.04. The Balaban J connectivity index is 2.68. The third-order valence-electron chi connectivity index (χ3n) is 1.62. The smallest absolute Gasteiger partial charge is 0.0963 e. The molecule has 1 rings (SSSR count). The van der Waals surface area contributed by atoms with Crippen molar-refractivity contribution in [2.24, 2.45) is 5.41 Å². The van der Waals surface area contributed by atoms with E-state index in [0.717, 1.165) is 12.2 Å². The van der Waals surface area contributed by atoms with Gasteiger partial charge in [0, 0.05) is 6.42 Å². The molecule has 0 aromatic carbocycles. The molecule has 1 aliphatic rings. The second-order valence-electron chi connectivity index (χ2n) is 3.03. The molecule has 0 heterocycles. The predicted molar refractivity (Wildman–Crippen MR) is 42.3 cm³/mol. The first kappa shape index (κ1) is 7.39. The second kappa shape index (κ2) is 2.49. The molecule has 0 saturated carbocycles. The highest BCUT2D eigenvalue weighted by molar-refractivity contribution is 5.20. The van der Waals surface area contributed by atoms with Crippen LogP contribution in [0.3, 0.4) is 0 Å². The van der Waals surface area contributed by atoms with Crippen molar-refractivity contribution in [3.63, 3.8) is 0 Å². The van der Waals surface area contributed by atoms with Crippen molar-refractivity contribution in [1.82, 2.24) is 0 Å². The molecule has 0 amide bonds. The van der Waals surface area contributed by atoms with Crippen LogP contribution in [0.2, 0.25) is 0 Å². The van der Waals surface area contributed by atoms with E-state index in [9.17, 15) is 0 Å². The Bertz CT molecular complexity index is 175. The molecule has 0 aliphatic heterocycles. The standard InChI is InChI=1S/C9H13O/c1-9(2)6-4-5-8(7-9)10-3/h4-6H,1,7H2,2-3H3/t9-/m0/s1. The molecule has 1 atom stereocenters. The maximum absolute atomic E-state index is 5.10. The van der Waals surface area contributed by atoms with Crippen LogP contribution in [0, 0.1) is 12.3 Å². The Labute approximate surface area is 62.4 Å². The van der Waals surface area contributed by atoms with Gasteiger partial charge in [-0.15, -0.1) is 0 Å². The molecule has 0 aromatic heterocycles. The van der Waals surface area contributed by atoms with Gasteiger partial charge in [0.1, 0.15) is 0 Å². The fourth-order valence-electron chi connectivity index (χ4n) is 1.04. The Kier molecular flexibility index (Phi) is 1.84. The lowest BCUT2D eigenvalue weighted by atomic mass is 9.85. The van der Waals surface area contributed by atoms with Crippen LogP contribution in [0.5, 0.6) is 0 Å². The molecule has 1 nitrogen and oxygen atoms in total. The lowest BCUT2D eigenvalue weighted by Crippen LogP contribution is -2.12. The van der Waals surface area contributed by atoms with Crippen molar-refractivity contribution >= 4 is 0 Å². The van der Waals surface area contributed by atoms with Crippen molar-refractivity contribution in [2.75, 3.05) is 7.11 Å². The summed E-state index contributed by atoms with van der Waals surface area (Å²) in [6, 6.07) is 0. The van der Waals surface area contributed by atoms with Gasteiger partial charge in [0.2, 0.25) is 0 Å². The molecule has 55 valence electrons. The van der Waals surface area contributed by atoms with Crippen molar-refractivity contribution in [2.45, 2.75) is 13.3 Å². The van der Waals surface area contributed by atoms with Gasteiger partial charge in [-0.1, -0.05) is 19.1 Å². The summed E-state index contributed by atoms with van der Waals surface area (Å²) in [6.07, 6.45) is 6.97. The quantitative estimate of drug-likeness (QED) is 0.539. The maximum atomic E-state index is 5.10. The molecule has 1 radical (unpaired) electrons. The zero-order valence-corrected chi connectivity index (χ0v) is 6.55. The predicted octanol–water partition coefficient (Wildman–Crippen LogP) is 2.32. The van der Waals surface area contributed by atoms with Gasteiger partial charge in [-0.05, 0) is 18.4 Å². The lowest BCUT2D eigenvalue weighted by Gasteiger charge is -2.23. The van der Waals surface area contributed by atoms with E-state index in [1.165, 1.54) is 0 Å². The van der Waals surface area contributed by atoms with Gasteiger partial charge in [0.05, 0.1) is 12.9 Å². The van der Waals surface area contributed by atoms with E-state index in [1.807, 2.05) is 12.2 Å². The van der Waals surface area contributed by atoms with Crippen LogP contribution < -0.4 is 0 Å². The summed E-state index contributed by atoms with van der Waals surface area (Å²) in [4.78, 5) is 0. The van der Waals surface area contributed by atoms with Gasteiger partial charge in [0.25, 0.3) is 0 Å². The molecule has 0 fully saturated rings. The number of hydrogen-bond donors (Lipinski definition) is 0. The van der Waals surface area contributed by atoms with Crippen LogP contribution in [0.25, 0.3) is 0 Å². The van der Waals surface area contributed by atoms with Gasteiger partial charge in [-0.3, -0.25) is 0 Å². The number of methoxy groups -OCH3 is 1. The average Bonchev–Trinajstić information content (AvgIpc) is 1.86. The van der Waals surface area contributed by atoms with E-state index in [4.69, 9.17) is 4.74 Å². The monoisotopic (exact) mass is 137 g/mol. The number of hydrogen-bond acceptors (Lipinski definition) is 1. The third-order valence-corrected chi connectivity index (χ3v) is 1.62. The summed E-state index contributed by atoms with van der Waals surface area (Å²) in [7, 11) is 1.70. The van der Waals surface area contributed by atoms with Crippen LogP contribution in [0.15, 0.2) is 24.0 Å². The Morgan fingerprint density at radius 3 is 2.80 bits per heavy atom. The first-order valence-electron chi connectivity index (χ1n) is 3.42. The van der Waals surface area contributed by atoms with Crippen molar-refractivity contribution in [3.8, 4) is 0 Å². The van der Waals surface area contributed by atoms with Crippen LogP contribution in [-0.2, 0) is 4.74 Å². The molecule has 0 N–H and O–H groups in total. The van der Waals surface area contributed by atoms with Crippen molar-refractivity contribution in [3.05, 3.63) is 30.9 Å². The van der Waals surface area contributed by atoms with E-state index in [0.29, 0.717) is 0 Å².